The molecule has 0 spiro atoms. The van der Waals surface area contributed by atoms with E-state index in [-0.39, 0.29) is 12.8 Å². The van der Waals surface area contributed by atoms with Gasteiger partial charge in [-0.2, -0.15) is 10.5 Å². The van der Waals surface area contributed by atoms with Crippen LogP contribution in [0.15, 0.2) is 36.4 Å². The van der Waals surface area contributed by atoms with Crippen molar-refractivity contribution >= 4 is 43.0 Å². The summed E-state index contributed by atoms with van der Waals surface area (Å²) >= 11 is 4.24. The van der Waals surface area contributed by atoms with Crippen LogP contribution in [0.3, 0.4) is 0 Å². The van der Waals surface area contributed by atoms with Gasteiger partial charge in [-0.15, -0.1) is 0 Å². The van der Waals surface area contributed by atoms with Gasteiger partial charge in [0.15, 0.2) is 5.78 Å². The molecule has 178 valence electrons. The number of nitrogens with zero attached hydrogens (tertiary/aromatic N) is 2. The fourth-order valence-electron chi connectivity index (χ4n) is 4.37. The Kier molecular flexibility index (Phi) is 15.5. The predicted octanol–water partition coefficient (Wildman–Crippen LogP) is 8.95. The quantitative estimate of drug-likeness (QED) is 0.285. The molecule has 1 atom stereocenters. The standard InChI is InChI=1S/C14H17N.C11H12O.C2H3N.CH4.I2/c1-11-5-6-12-4-3-7-14(2,8-9-15)13(12)10-11;1-8-5-6-9-3-2-4-11(12)10(9)7-8;1-2-3;;1-2/h5-6,10H,3-4,7-8H2,1-2H3;5-7H,2-4H2,1H3;1H3;1H4;. The first-order valence-corrected chi connectivity index (χ1v) is 17.2. The molecule has 5 heteroatoms. The smallest absolute Gasteiger partial charge is 0.163 e. The van der Waals surface area contributed by atoms with Crippen molar-refractivity contribution in [3.05, 3.63) is 69.8 Å². The summed E-state index contributed by atoms with van der Waals surface area (Å²) in [5, 5.41) is 16.2. The lowest BCUT2D eigenvalue weighted by Gasteiger charge is -2.34. The van der Waals surface area contributed by atoms with E-state index in [1.165, 1.54) is 47.6 Å². The number of nitriles is 2. The Balaban J connectivity index is 0.000000514. The first-order chi connectivity index (χ1) is 15.3. The van der Waals surface area contributed by atoms with Gasteiger partial charge in [-0.25, -0.2) is 0 Å². The Morgan fingerprint density at radius 3 is 2.09 bits per heavy atom. The third-order valence-corrected chi connectivity index (χ3v) is 5.98. The summed E-state index contributed by atoms with van der Waals surface area (Å²) in [5.41, 5.74) is 7.63. The van der Waals surface area contributed by atoms with E-state index in [0.29, 0.717) is 12.2 Å². The molecule has 0 aromatic heterocycles. The van der Waals surface area contributed by atoms with Gasteiger partial charge < -0.3 is 0 Å². The van der Waals surface area contributed by atoms with Crippen molar-refractivity contribution in [3.63, 3.8) is 0 Å². The number of carbonyl (C=O) groups is 1. The Bertz CT molecular complexity index is 988. The topological polar surface area (TPSA) is 64.7 Å². The minimum absolute atomic E-state index is 0. The van der Waals surface area contributed by atoms with Crippen LogP contribution in [0.25, 0.3) is 0 Å². The van der Waals surface area contributed by atoms with Crippen LogP contribution in [0.4, 0.5) is 0 Å². The monoisotopic (exact) mass is 670 g/mol. The van der Waals surface area contributed by atoms with E-state index in [2.05, 4.69) is 87.5 Å². The van der Waals surface area contributed by atoms with Gasteiger partial charge in [-0.3, -0.25) is 4.79 Å². The lowest BCUT2D eigenvalue weighted by molar-refractivity contribution is 0.0972. The van der Waals surface area contributed by atoms with Gasteiger partial charge in [0.2, 0.25) is 0 Å². The zero-order valence-corrected chi connectivity index (χ0v) is 23.8. The number of carbonyl (C=O) groups excluding carboxylic acids is 1. The maximum Gasteiger partial charge on any atom is 0.163 e. The lowest BCUT2D eigenvalue weighted by Crippen LogP contribution is -2.27. The number of hydrogen-bond acceptors (Lipinski definition) is 3. The maximum atomic E-state index is 11.4. The summed E-state index contributed by atoms with van der Waals surface area (Å²) in [6, 6.07) is 16.9. The van der Waals surface area contributed by atoms with Crippen molar-refractivity contribution in [1.82, 2.24) is 0 Å². The van der Waals surface area contributed by atoms with Crippen LogP contribution in [-0.4, -0.2) is 5.78 Å². The average Bonchev–Trinajstić information content (AvgIpc) is 2.78. The third kappa shape index (κ3) is 9.37. The number of ketones is 1. The van der Waals surface area contributed by atoms with Crippen LogP contribution in [-0.2, 0) is 18.3 Å². The molecule has 1 unspecified atom stereocenters. The highest BCUT2D eigenvalue weighted by Crippen LogP contribution is 2.39. The van der Waals surface area contributed by atoms with E-state index in [1.54, 1.807) is 6.07 Å². The van der Waals surface area contributed by atoms with Crippen LogP contribution in [0.2, 0.25) is 0 Å². The maximum absolute atomic E-state index is 11.4. The number of hydrogen-bond donors (Lipinski definition) is 0. The van der Waals surface area contributed by atoms with Crippen molar-refractivity contribution in [2.45, 2.75) is 85.5 Å². The fourth-order valence-corrected chi connectivity index (χ4v) is 4.37. The van der Waals surface area contributed by atoms with Gasteiger partial charge in [0.25, 0.3) is 0 Å². The number of fused-ring (bicyclic) bond motifs is 2. The summed E-state index contributed by atoms with van der Waals surface area (Å²) in [6.45, 7) is 7.82. The van der Waals surface area contributed by atoms with E-state index >= 15 is 0 Å². The highest BCUT2D eigenvalue weighted by Gasteiger charge is 2.31. The van der Waals surface area contributed by atoms with Gasteiger partial charge in [0.05, 0.1) is 12.1 Å². The number of aryl methyl sites for hydroxylation is 4. The molecule has 0 fully saturated rings. The van der Waals surface area contributed by atoms with Gasteiger partial charge >= 0.3 is 0 Å². The zero-order valence-electron chi connectivity index (χ0n) is 19.5. The molecule has 0 radical (unpaired) electrons. The molecule has 4 rings (SSSR count). The lowest BCUT2D eigenvalue weighted by atomic mass is 9.69. The number of rotatable bonds is 1. The molecule has 2 aromatic carbocycles. The molecule has 0 amide bonds. The molecule has 0 heterocycles. The van der Waals surface area contributed by atoms with Crippen molar-refractivity contribution in [2.75, 3.05) is 0 Å². The molecule has 0 bridgehead atoms. The highest BCUT2D eigenvalue weighted by atomic mass is 128. The van der Waals surface area contributed by atoms with Crippen LogP contribution in [0, 0.1) is 36.5 Å². The predicted molar refractivity (Wildman–Crippen MR) is 156 cm³/mol. The van der Waals surface area contributed by atoms with Crippen LogP contribution in [0.1, 0.15) is 91.6 Å². The minimum atomic E-state index is 0. The Morgan fingerprint density at radius 1 is 0.939 bits per heavy atom. The fraction of sp³-hybridized carbons (Fsp3) is 0.464. The summed E-state index contributed by atoms with van der Waals surface area (Å²) in [4.78, 5) is 11.4. The second-order valence-corrected chi connectivity index (χ2v) is 8.57. The summed E-state index contributed by atoms with van der Waals surface area (Å²) < 4.78 is 0. The minimum Gasteiger partial charge on any atom is -0.294 e. The zero-order chi connectivity index (χ0) is 24.1. The van der Waals surface area contributed by atoms with Crippen LogP contribution >= 0.6 is 37.2 Å². The molecule has 0 N–H and O–H groups in total. The molecule has 3 nitrogen and oxygen atoms in total. The average molecular weight is 670 g/mol. The molecule has 0 saturated carbocycles. The van der Waals surface area contributed by atoms with Gasteiger partial charge in [-0.1, -0.05) is 55.8 Å². The van der Waals surface area contributed by atoms with Gasteiger partial charge in [0, 0.05) is 68.0 Å². The Morgan fingerprint density at radius 2 is 1.48 bits per heavy atom. The van der Waals surface area contributed by atoms with Crippen LogP contribution < -0.4 is 0 Å². The van der Waals surface area contributed by atoms with Crippen molar-refractivity contribution in [1.29, 1.82) is 10.5 Å². The summed E-state index contributed by atoms with van der Waals surface area (Å²) in [5.74, 6) is 0.319. The van der Waals surface area contributed by atoms with E-state index < -0.39 is 0 Å². The number of halogens is 2. The molecule has 2 aliphatic carbocycles. The van der Waals surface area contributed by atoms with E-state index in [0.717, 1.165) is 31.2 Å². The molecule has 2 aliphatic rings. The van der Waals surface area contributed by atoms with E-state index in [1.807, 2.05) is 13.0 Å². The SMILES string of the molecule is C.CC#N.Cc1ccc2c(c1)C(=O)CCC2.Cc1ccc2c(c1)C(C)(CC#N)CCC2.II. The number of benzene rings is 2. The van der Waals surface area contributed by atoms with Crippen molar-refractivity contribution in [3.8, 4) is 12.1 Å². The highest BCUT2D eigenvalue weighted by molar-refractivity contribution is 15.0. The van der Waals surface area contributed by atoms with E-state index in [9.17, 15) is 4.79 Å². The van der Waals surface area contributed by atoms with Gasteiger partial charge in [-0.05, 0) is 68.7 Å². The second kappa shape index (κ2) is 16.2. The summed E-state index contributed by atoms with van der Waals surface area (Å²) in [6.07, 6.45) is 7.01. The Hall–Kier alpha value is -1.45. The molecule has 33 heavy (non-hydrogen) atoms. The number of Topliss-reactive ketones (excluding diaryl/α,β-unsaturated/α-hetero) is 1. The van der Waals surface area contributed by atoms with E-state index in [4.69, 9.17) is 10.5 Å². The second-order valence-electron chi connectivity index (χ2n) is 8.57. The van der Waals surface area contributed by atoms with Gasteiger partial charge in [0.1, 0.15) is 0 Å². The molecular weight excluding hydrogens is 634 g/mol. The normalized spacial score (nSPS) is 17.3. The van der Waals surface area contributed by atoms with Crippen molar-refractivity contribution < 1.29 is 4.79 Å². The molecule has 0 aliphatic heterocycles. The molecule has 0 saturated heterocycles. The first-order valence-electron chi connectivity index (χ1n) is 10.9. The first kappa shape index (κ1) is 31.6. The molecule has 2 aromatic rings. The Labute approximate surface area is 224 Å². The largest absolute Gasteiger partial charge is 0.294 e. The molecular formula is C28H36I2N2O. The summed E-state index contributed by atoms with van der Waals surface area (Å²) in [7, 11) is 0. The third-order valence-electron chi connectivity index (χ3n) is 5.98. The van der Waals surface area contributed by atoms with Crippen LogP contribution in [0.5, 0.6) is 0 Å². The van der Waals surface area contributed by atoms with Crippen molar-refractivity contribution in [2.24, 2.45) is 0 Å².